The van der Waals surface area contributed by atoms with Gasteiger partial charge in [-0.1, -0.05) is 6.07 Å². The summed E-state index contributed by atoms with van der Waals surface area (Å²) in [5.74, 6) is 1.58. The van der Waals surface area contributed by atoms with Crippen LogP contribution in [0.25, 0.3) is 21.9 Å². The predicted molar refractivity (Wildman–Crippen MR) is 145 cm³/mol. The zero-order chi connectivity index (χ0) is 26.1. The lowest BCUT2D eigenvalue weighted by molar-refractivity contribution is -0.133. The van der Waals surface area contributed by atoms with Gasteiger partial charge in [0.25, 0.3) is 5.56 Å². The van der Waals surface area contributed by atoms with Crippen molar-refractivity contribution in [3.8, 4) is 0 Å². The van der Waals surface area contributed by atoms with E-state index in [0.717, 1.165) is 71.0 Å². The Bertz CT molecular complexity index is 1740. The fraction of sp³-hybridized carbons (Fsp3) is 0.452. The van der Waals surface area contributed by atoms with Gasteiger partial charge in [0.05, 0.1) is 0 Å². The standard InChI is InChI=1S/C31H32N2O5/c1-17-21(10-11-27(34)32-14-19-12-20(16-32)25-7-5-9-28(35)33(25)15-19)31(36)38-29-18(2)30-24(13-23(17)29)22-6-3-4-8-26(22)37-30/h5,7,9,13,19-20H,3-4,6,8,10-12,14-16H2,1-2H3/t19-,20+/m1/s1. The van der Waals surface area contributed by atoms with E-state index in [0.29, 0.717) is 37.2 Å². The molecule has 3 aliphatic rings. The minimum atomic E-state index is -0.370. The molecule has 0 radical (unpaired) electrons. The number of amides is 1. The zero-order valence-corrected chi connectivity index (χ0v) is 22.0. The molecule has 2 atom stereocenters. The highest BCUT2D eigenvalue weighted by molar-refractivity contribution is 6.00. The molecular weight excluding hydrogens is 480 g/mol. The van der Waals surface area contributed by atoms with Crippen LogP contribution in [0.5, 0.6) is 0 Å². The van der Waals surface area contributed by atoms with Crippen LogP contribution >= 0.6 is 0 Å². The van der Waals surface area contributed by atoms with Crippen molar-refractivity contribution in [2.45, 2.75) is 71.3 Å². The number of rotatable bonds is 3. The maximum absolute atomic E-state index is 13.3. The number of pyridine rings is 1. The van der Waals surface area contributed by atoms with Gasteiger partial charge in [0.15, 0.2) is 0 Å². The molecule has 7 nitrogen and oxygen atoms in total. The number of nitrogens with zero attached hydrogens (tertiary/aromatic N) is 2. The van der Waals surface area contributed by atoms with E-state index in [4.69, 9.17) is 8.83 Å². The highest BCUT2D eigenvalue weighted by atomic mass is 16.4. The Morgan fingerprint density at radius 2 is 1.79 bits per heavy atom. The van der Waals surface area contributed by atoms with Crippen molar-refractivity contribution in [2.75, 3.05) is 13.1 Å². The third-order valence-electron chi connectivity index (χ3n) is 9.15. The first kappa shape index (κ1) is 23.5. The van der Waals surface area contributed by atoms with Crippen molar-refractivity contribution < 1.29 is 13.6 Å². The molecule has 0 spiro atoms. The van der Waals surface area contributed by atoms with Gasteiger partial charge in [-0.3, -0.25) is 9.59 Å². The van der Waals surface area contributed by atoms with Crippen LogP contribution in [0.3, 0.4) is 0 Å². The average Bonchev–Trinajstić information content (AvgIpc) is 3.29. The summed E-state index contributed by atoms with van der Waals surface area (Å²) >= 11 is 0. The monoisotopic (exact) mass is 512 g/mol. The lowest BCUT2D eigenvalue weighted by Crippen LogP contribution is -2.49. The van der Waals surface area contributed by atoms with Gasteiger partial charge in [-0.2, -0.15) is 0 Å². The molecule has 1 amide bonds. The molecule has 7 heteroatoms. The molecule has 1 aromatic carbocycles. The second kappa shape index (κ2) is 8.72. The van der Waals surface area contributed by atoms with E-state index < -0.39 is 0 Å². The van der Waals surface area contributed by atoms with E-state index in [1.807, 2.05) is 35.4 Å². The third kappa shape index (κ3) is 3.58. The number of furan rings is 1. The molecule has 196 valence electrons. The number of hydrogen-bond donors (Lipinski definition) is 0. The van der Waals surface area contributed by atoms with Crippen molar-refractivity contribution in [3.63, 3.8) is 0 Å². The van der Waals surface area contributed by atoms with Gasteiger partial charge in [0.2, 0.25) is 5.91 Å². The fourth-order valence-corrected chi connectivity index (χ4v) is 7.20. The van der Waals surface area contributed by atoms with Crippen LogP contribution in [0, 0.1) is 19.8 Å². The summed E-state index contributed by atoms with van der Waals surface area (Å²) in [5, 5.41) is 2.06. The van der Waals surface area contributed by atoms with Crippen LogP contribution in [-0.2, 0) is 30.6 Å². The summed E-state index contributed by atoms with van der Waals surface area (Å²) in [4.78, 5) is 40.7. The Labute approximate surface area is 220 Å². The number of piperidine rings is 1. The number of carbonyl (C=O) groups is 1. The minimum Gasteiger partial charge on any atom is -0.460 e. The van der Waals surface area contributed by atoms with Crippen molar-refractivity contribution in [2.24, 2.45) is 5.92 Å². The van der Waals surface area contributed by atoms with Crippen LogP contribution in [0.2, 0.25) is 0 Å². The Morgan fingerprint density at radius 1 is 0.974 bits per heavy atom. The summed E-state index contributed by atoms with van der Waals surface area (Å²) in [7, 11) is 0. The molecular formula is C31H32N2O5. The van der Waals surface area contributed by atoms with Crippen LogP contribution < -0.4 is 11.2 Å². The fourth-order valence-electron chi connectivity index (χ4n) is 7.20. The van der Waals surface area contributed by atoms with Gasteiger partial charge in [-0.05, 0) is 69.6 Å². The Balaban J connectivity index is 1.16. The number of fused-ring (bicyclic) bond motifs is 8. The second-order valence-electron chi connectivity index (χ2n) is 11.5. The highest BCUT2D eigenvalue weighted by Crippen LogP contribution is 2.38. The number of aromatic nitrogens is 1. The van der Waals surface area contributed by atoms with Crippen LogP contribution in [0.15, 0.2) is 42.7 Å². The SMILES string of the molecule is Cc1c(CCC(=O)N2C[C@H]3C[C@@H](C2)c2cccc(=O)n2C3)c(=O)oc2c(C)c3oc4c(c3cc12)CCCC4. The second-order valence-corrected chi connectivity index (χ2v) is 11.5. The number of carbonyl (C=O) groups excluding carboxylic acids is 1. The first-order valence-electron chi connectivity index (χ1n) is 13.9. The largest absolute Gasteiger partial charge is 0.460 e. The number of hydrogen-bond acceptors (Lipinski definition) is 5. The summed E-state index contributed by atoms with van der Waals surface area (Å²) in [6.45, 7) is 5.87. The molecule has 38 heavy (non-hydrogen) atoms. The minimum absolute atomic E-state index is 0.0407. The number of aryl methyl sites for hydroxylation is 4. The van der Waals surface area contributed by atoms with Gasteiger partial charge in [-0.25, -0.2) is 4.79 Å². The third-order valence-corrected chi connectivity index (χ3v) is 9.15. The summed E-state index contributed by atoms with van der Waals surface area (Å²) in [6.07, 6.45) is 5.90. The van der Waals surface area contributed by atoms with Crippen molar-refractivity contribution in [1.29, 1.82) is 0 Å². The predicted octanol–water partition coefficient (Wildman–Crippen LogP) is 4.78. The molecule has 2 bridgehead atoms. The highest BCUT2D eigenvalue weighted by Gasteiger charge is 2.36. The normalized spacial score (nSPS) is 20.5. The van der Waals surface area contributed by atoms with Crippen molar-refractivity contribution >= 4 is 27.8 Å². The molecule has 1 aliphatic carbocycles. The smallest absolute Gasteiger partial charge is 0.339 e. The van der Waals surface area contributed by atoms with Gasteiger partial charge in [0, 0.05) is 77.6 Å². The van der Waals surface area contributed by atoms with E-state index in [9.17, 15) is 14.4 Å². The molecule has 7 rings (SSSR count). The molecule has 2 aliphatic heterocycles. The van der Waals surface area contributed by atoms with E-state index >= 15 is 0 Å². The van der Waals surface area contributed by atoms with E-state index in [1.54, 1.807) is 6.07 Å². The first-order valence-corrected chi connectivity index (χ1v) is 13.9. The van der Waals surface area contributed by atoms with E-state index in [2.05, 4.69) is 6.07 Å². The quantitative estimate of drug-likeness (QED) is 0.369. The summed E-state index contributed by atoms with van der Waals surface area (Å²) < 4.78 is 14.0. The zero-order valence-electron chi connectivity index (χ0n) is 22.0. The van der Waals surface area contributed by atoms with Gasteiger partial charge in [-0.15, -0.1) is 0 Å². The number of likely N-dealkylation sites (tertiary alicyclic amines) is 1. The van der Waals surface area contributed by atoms with Gasteiger partial charge >= 0.3 is 5.63 Å². The van der Waals surface area contributed by atoms with Crippen LogP contribution in [0.4, 0.5) is 0 Å². The molecule has 0 unspecified atom stereocenters. The van der Waals surface area contributed by atoms with Gasteiger partial charge in [0.1, 0.15) is 16.9 Å². The van der Waals surface area contributed by atoms with Crippen molar-refractivity contribution in [3.05, 3.63) is 78.7 Å². The molecule has 4 aromatic rings. The van der Waals surface area contributed by atoms with Gasteiger partial charge < -0.3 is 18.3 Å². The van der Waals surface area contributed by atoms with Crippen LogP contribution in [-0.4, -0.2) is 28.5 Å². The molecule has 1 fully saturated rings. The maximum atomic E-state index is 13.3. The maximum Gasteiger partial charge on any atom is 0.339 e. The molecule has 0 N–H and O–H groups in total. The Morgan fingerprint density at radius 3 is 2.66 bits per heavy atom. The molecule has 0 saturated carbocycles. The summed E-state index contributed by atoms with van der Waals surface area (Å²) in [5.41, 5.74) is 5.74. The molecule has 5 heterocycles. The Kier molecular flexibility index (Phi) is 5.39. The number of benzene rings is 1. The Hall–Kier alpha value is -3.61. The summed E-state index contributed by atoms with van der Waals surface area (Å²) in [6, 6.07) is 7.56. The average molecular weight is 513 g/mol. The molecule has 1 saturated heterocycles. The van der Waals surface area contributed by atoms with E-state index in [1.165, 1.54) is 5.56 Å². The lowest BCUT2D eigenvalue weighted by Gasteiger charge is -2.42. The van der Waals surface area contributed by atoms with Crippen molar-refractivity contribution in [1.82, 2.24) is 9.47 Å². The lowest BCUT2D eigenvalue weighted by atomic mass is 9.83. The van der Waals surface area contributed by atoms with E-state index in [-0.39, 0.29) is 35.3 Å². The molecule has 3 aromatic heterocycles. The first-order chi connectivity index (χ1) is 18.4. The van der Waals surface area contributed by atoms with Crippen LogP contribution in [0.1, 0.15) is 65.3 Å². The topological polar surface area (TPSA) is 85.7 Å².